The lowest BCUT2D eigenvalue weighted by Crippen LogP contribution is -2.34. The van der Waals surface area contributed by atoms with Crippen molar-refractivity contribution in [3.8, 4) is 0 Å². The Morgan fingerprint density at radius 1 is 1.40 bits per heavy atom. The predicted octanol–water partition coefficient (Wildman–Crippen LogP) is 0.762. The van der Waals surface area contributed by atoms with E-state index in [2.05, 4.69) is 0 Å². The van der Waals surface area contributed by atoms with Crippen molar-refractivity contribution in [2.24, 2.45) is 0 Å². The fourth-order valence-electron chi connectivity index (χ4n) is 1.15. The van der Waals surface area contributed by atoms with E-state index in [-0.39, 0.29) is 6.03 Å². The van der Waals surface area contributed by atoms with Crippen molar-refractivity contribution in [2.75, 3.05) is 20.1 Å². The summed E-state index contributed by atoms with van der Waals surface area (Å²) in [5, 5.41) is 0. The summed E-state index contributed by atoms with van der Waals surface area (Å²) in [4.78, 5) is 14.8. The Morgan fingerprint density at radius 3 is 2.20 bits per heavy atom. The molecule has 0 aromatic heterocycles. The Balaban J connectivity index is 2.57. The molecule has 1 rings (SSSR count). The van der Waals surface area contributed by atoms with Crippen LogP contribution in [0.25, 0.3) is 0 Å². The highest BCUT2D eigenvalue weighted by atomic mass is 16.2. The lowest BCUT2D eigenvalue weighted by molar-refractivity contribution is 0.189. The monoisotopic (exact) mass is 142 g/mol. The van der Waals surface area contributed by atoms with Crippen molar-refractivity contribution >= 4 is 6.03 Å². The molecule has 0 aromatic carbocycles. The highest BCUT2D eigenvalue weighted by molar-refractivity contribution is 5.76. The third-order valence-electron chi connectivity index (χ3n) is 1.87. The molecule has 0 unspecified atom stereocenters. The zero-order chi connectivity index (χ0) is 7.72. The summed E-state index contributed by atoms with van der Waals surface area (Å²) < 4.78 is 0. The van der Waals surface area contributed by atoms with E-state index in [1.54, 1.807) is 4.90 Å². The van der Waals surface area contributed by atoms with Gasteiger partial charge < -0.3 is 9.80 Å². The minimum absolute atomic E-state index is 0.162. The van der Waals surface area contributed by atoms with Gasteiger partial charge in [-0.2, -0.15) is 0 Å². The molecular formula is C7H14N2O. The van der Waals surface area contributed by atoms with E-state index in [1.165, 1.54) is 0 Å². The molecular weight excluding hydrogens is 128 g/mol. The Labute approximate surface area is 61.6 Å². The SMILES string of the molecule is CC(C)N1CCN(C)C1=O. The fraction of sp³-hybridized carbons (Fsp3) is 0.857. The van der Waals surface area contributed by atoms with Gasteiger partial charge in [0.2, 0.25) is 0 Å². The smallest absolute Gasteiger partial charge is 0.320 e. The Hall–Kier alpha value is -0.730. The average molecular weight is 142 g/mol. The maximum absolute atomic E-state index is 11.2. The Kier molecular flexibility index (Phi) is 1.83. The van der Waals surface area contributed by atoms with Gasteiger partial charge in [-0.25, -0.2) is 4.79 Å². The first-order chi connectivity index (χ1) is 4.63. The van der Waals surface area contributed by atoms with Crippen LogP contribution in [0.1, 0.15) is 13.8 Å². The van der Waals surface area contributed by atoms with E-state index in [9.17, 15) is 4.79 Å². The number of urea groups is 1. The molecule has 0 saturated carbocycles. The molecule has 0 aliphatic carbocycles. The molecule has 1 fully saturated rings. The number of rotatable bonds is 1. The maximum Gasteiger partial charge on any atom is 0.320 e. The van der Waals surface area contributed by atoms with Crippen molar-refractivity contribution in [3.63, 3.8) is 0 Å². The van der Waals surface area contributed by atoms with Crippen molar-refractivity contribution in [2.45, 2.75) is 19.9 Å². The second-order valence-electron chi connectivity index (χ2n) is 2.99. The van der Waals surface area contributed by atoms with Crippen LogP contribution >= 0.6 is 0 Å². The number of carbonyl (C=O) groups excluding carboxylic acids is 1. The predicted molar refractivity (Wildman–Crippen MR) is 39.9 cm³/mol. The van der Waals surface area contributed by atoms with Gasteiger partial charge in [0.1, 0.15) is 0 Å². The number of likely N-dealkylation sites (N-methyl/N-ethyl adjacent to an activating group) is 1. The van der Waals surface area contributed by atoms with Gasteiger partial charge in [0.15, 0.2) is 0 Å². The largest absolute Gasteiger partial charge is 0.326 e. The first-order valence-electron chi connectivity index (χ1n) is 3.64. The summed E-state index contributed by atoms with van der Waals surface area (Å²) in [6.07, 6.45) is 0. The molecule has 1 aliphatic heterocycles. The molecule has 0 radical (unpaired) electrons. The standard InChI is InChI=1S/C7H14N2O/c1-6(2)9-5-4-8(3)7(9)10/h6H,4-5H2,1-3H3. The molecule has 0 spiro atoms. The van der Waals surface area contributed by atoms with Gasteiger partial charge in [-0.3, -0.25) is 0 Å². The van der Waals surface area contributed by atoms with E-state index in [0.717, 1.165) is 13.1 Å². The minimum atomic E-state index is 0.162. The zero-order valence-corrected chi connectivity index (χ0v) is 6.79. The highest BCUT2D eigenvalue weighted by Gasteiger charge is 2.26. The van der Waals surface area contributed by atoms with Crippen LogP contribution < -0.4 is 0 Å². The normalized spacial score (nSPS) is 19.4. The molecule has 3 heteroatoms. The average Bonchev–Trinajstić information content (AvgIpc) is 2.14. The second kappa shape index (κ2) is 2.48. The van der Waals surface area contributed by atoms with Gasteiger partial charge in [0.25, 0.3) is 0 Å². The van der Waals surface area contributed by atoms with Gasteiger partial charge >= 0.3 is 6.03 Å². The molecule has 10 heavy (non-hydrogen) atoms. The first-order valence-corrected chi connectivity index (χ1v) is 3.64. The van der Waals surface area contributed by atoms with Gasteiger partial charge in [-0.05, 0) is 13.8 Å². The van der Waals surface area contributed by atoms with E-state index in [4.69, 9.17) is 0 Å². The topological polar surface area (TPSA) is 23.6 Å². The lowest BCUT2D eigenvalue weighted by atomic mass is 10.3. The van der Waals surface area contributed by atoms with Crippen LogP contribution in [-0.2, 0) is 0 Å². The molecule has 1 aliphatic rings. The molecule has 0 atom stereocenters. The van der Waals surface area contributed by atoms with Crippen molar-refractivity contribution in [3.05, 3.63) is 0 Å². The number of carbonyl (C=O) groups is 1. The van der Waals surface area contributed by atoms with Crippen LogP contribution in [-0.4, -0.2) is 42.0 Å². The molecule has 1 saturated heterocycles. The summed E-state index contributed by atoms with van der Waals surface area (Å²) in [5.41, 5.74) is 0. The third kappa shape index (κ3) is 1.08. The van der Waals surface area contributed by atoms with Crippen LogP contribution in [0.15, 0.2) is 0 Å². The fourth-order valence-corrected chi connectivity index (χ4v) is 1.15. The highest BCUT2D eigenvalue weighted by Crippen LogP contribution is 2.09. The zero-order valence-electron chi connectivity index (χ0n) is 6.79. The van der Waals surface area contributed by atoms with Crippen LogP contribution in [0.3, 0.4) is 0 Å². The van der Waals surface area contributed by atoms with Crippen LogP contribution in [0.5, 0.6) is 0 Å². The summed E-state index contributed by atoms with van der Waals surface area (Å²) in [7, 11) is 1.84. The maximum atomic E-state index is 11.2. The molecule has 0 bridgehead atoms. The number of amides is 2. The van der Waals surface area contributed by atoms with Crippen LogP contribution in [0, 0.1) is 0 Å². The lowest BCUT2D eigenvalue weighted by Gasteiger charge is -2.19. The molecule has 0 N–H and O–H groups in total. The van der Waals surface area contributed by atoms with Gasteiger partial charge in [0.05, 0.1) is 0 Å². The number of hydrogen-bond donors (Lipinski definition) is 0. The minimum Gasteiger partial charge on any atom is -0.326 e. The Bertz CT molecular complexity index is 145. The van der Waals surface area contributed by atoms with Crippen LogP contribution in [0.2, 0.25) is 0 Å². The van der Waals surface area contributed by atoms with Gasteiger partial charge in [-0.15, -0.1) is 0 Å². The molecule has 58 valence electrons. The van der Waals surface area contributed by atoms with E-state index in [0.29, 0.717) is 6.04 Å². The first kappa shape index (κ1) is 7.38. The quantitative estimate of drug-likeness (QED) is 0.530. The molecule has 0 aromatic rings. The van der Waals surface area contributed by atoms with Crippen molar-refractivity contribution in [1.29, 1.82) is 0 Å². The molecule has 1 heterocycles. The van der Waals surface area contributed by atoms with Gasteiger partial charge in [0, 0.05) is 26.2 Å². The molecule has 3 nitrogen and oxygen atoms in total. The van der Waals surface area contributed by atoms with Crippen LogP contribution in [0.4, 0.5) is 4.79 Å². The number of hydrogen-bond acceptors (Lipinski definition) is 1. The van der Waals surface area contributed by atoms with Gasteiger partial charge in [-0.1, -0.05) is 0 Å². The van der Waals surface area contributed by atoms with E-state index < -0.39 is 0 Å². The molecule has 2 amide bonds. The third-order valence-corrected chi connectivity index (χ3v) is 1.87. The Morgan fingerprint density at radius 2 is 2.00 bits per heavy atom. The van der Waals surface area contributed by atoms with Crippen molar-refractivity contribution < 1.29 is 4.79 Å². The summed E-state index contributed by atoms with van der Waals surface area (Å²) in [6, 6.07) is 0.507. The van der Waals surface area contributed by atoms with Crippen molar-refractivity contribution in [1.82, 2.24) is 9.80 Å². The summed E-state index contributed by atoms with van der Waals surface area (Å²) in [5.74, 6) is 0. The van der Waals surface area contributed by atoms with E-state index in [1.807, 2.05) is 25.8 Å². The summed E-state index contributed by atoms with van der Waals surface area (Å²) >= 11 is 0. The number of nitrogens with zero attached hydrogens (tertiary/aromatic N) is 2. The second-order valence-corrected chi connectivity index (χ2v) is 2.99. The summed E-state index contributed by atoms with van der Waals surface area (Å²) in [6.45, 7) is 5.83. The van der Waals surface area contributed by atoms with E-state index >= 15 is 0 Å².